The lowest BCUT2D eigenvalue weighted by Crippen LogP contribution is -2.44. The van der Waals surface area contributed by atoms with Gasteiger partial charge in [0.15, 0.2) is 0 Å². The van der Waals surface area contributed by atoms with Crippen LogP contribution in [0.2, 0.25) is 0 Å². The average molecular weight is 382 g/mol. The summed E-state index contributed by atoms with van der Waals surface area (Å²) in [4.78, 5) is 31.5. The van der Waals surface area contributed by atoms with Crippen molar-refractivity contribution in [1.29, 1.82) is 0 Å². The summed E-state index contributed by atoms with van der Waals surface area (Å²) < 4.78 is 5.32. The molecule has 1 aromatic heterocycles. The number of benzene rings is 1. The number of furan rings is 1. The van der Waals surface area contributed by atoms with Crippen LogP contribution in [-0.2, 0) is 16.1 Å². The number of rotatable bonds is 5. The molecule has 2 aromatic rings. The maximum Gasteiger partial charge on any atom is 0.229 e. The molecule has 0 saturated carbocycles. The summed E-state index contributed by atoms with van der Waals surface area (Å²) in [6.07, 6.45) is 1.83. The van der Waals surface area contributed by atoms with Crippen LogP contribution in [0.4, 0.5) is 11.4 Å². The normalized spacial score (nSPS) is 20.6. The van der Waals surface area contributed by atoms with Crippen molar-refractivity contribution in [3.8, 4) is 0 Å². The molecule has 7 heteroatoms. The first-order chi connectivity index (χ1) is 13.6. The molecule has 1 atom stereocenters. The van der Waals surface area contributed by atoms with Crippen molar-refractivity contribution >= 4 is 23.2 Å². The highest BCUT2D eigenvalue weighted by atomic mass is 16.3. The number of amides is 2. The fourth-order valence-electron chi connectivity index (χ4n) is 3.83. The lowest BCUT2D eigenvalue weighted by Gasteiger charge is -2.35. The second-order valence-corrected chi connectivity index (χ2v) is 7.55. The maximum absolute atomic E-state index is 12.9. The Kier molecular flexibility index (Phi) is 5.34. The largest absolute Gasteiger partial charge is 0.467 e. The molecular weight excluding hydrogens is 356 g/mol. The van der Waals surface area contributed by atoms with Gasteiger partial charge in [0, 0.05) is 39.1 Å². The van der Waals surface area contributed by atoms with Crippen molar-refractivity contribution in [2.45, 2.75) is 13.0 Å². The van der Waals surface area contributed by atoms with E-state index in [0.29, 0.717) is 13.1 Å². The Morgan fingerprint density at radius 3 is 2.68 bits per heavy atom. The van der Waals surface area contributed by atoms with Crippen LogP contribution in [0.1, 0.15) is 12.2 Å². The van der Waals surface area contributed by atoms with Crippen LogP contribution >= 0.6 is 0 Å². The quantitative estimate of drug-likeness (QED) is 0.857. The number of nitrogens with zero attached hydrogens (tertiary/aromatic N) is 3. The number of carbonyl (C=O) groups excluding carboxylic acids is 2. The van der Waals surface area contributed by atoms with Gasteiger partial charge in [-0.2, -0.15) is 0 Å². The van der Waals surface area contributed by atoms with Crippen LogP contribution in [0, 0.1) is 5.92 Å². The fourth-order valence-corrected chi connectivity index (χ4v) is 3.83. The summed E-state index contributed by atoms with van der Waals surface area (Å²) in [7, 11) is 2.12. The summed E-state index contributed by atoms with van der Waals surface area (Å²) in [6.45, 7) is 4.70. The van der Waals surface area contributed by atoms with Crippen LogP contribution in [0.5, 0.6) is 0 Å². The van der Waals surface area contributed by atoms with E-state index in [2.05, 4.69) is 22.2 Å². The van der Waals surface area contributed by atoms with Crippen LogP contribution in [0.3, 0.4) is 0 Å². The van der Waals surface area contributed by atoms with Crippen molar-refractivity contribution in [2.24, 2.45) is 5.92 Å². The molecule has 2 aliphatic rings. The molecular formula is C21H26N4O3. The number of likely N-dealkylation sites (N-methyl/N-ethyl adjacent to an activating group) is 1. The molecule has 1 unspecified atom stereocenters. The van der Waals surface area contributed by atoms with Crippen molar-refractivity contribution in [2.75, 3.05) is 50.0 Å². The van der Waals surface area contributed by atoms with E-state index in [9.17, 15) is 9.59 Å². The minimum absolute atomic E-state index is 0.0103. The van der Waals surface area contributed by atoms with Gasteiger partial charge in [0.1, 0.15) is 5.76 Å². The third-order valence-corrected chi connectivity index (χ3v) is 5.52. The second kappa shape index (κ2) is 8.06. The van der Waals surface area contributed by atoms with E-state index >= 15 is 0 Å². The molecule has 2 aliphatic heterocycles. The van der Waals surface area contributed by atoms with Crippen molar-refractivity contribution < 1.29 is 14.0 Å². The van der Waals surface area contributed by atoms with E-state index in [1.54, 1.807) is 17.2 Å². The third-order valence-electron chi connectivity index (χ3n) is 5.52. The van der Waals surface area contributed by atoms with E-state index in [1.807, 2.05) is 30.3 Å². The Hall–Kier alpha value is -2.80. The summed E-state index contributed by atoms with van der Waals surface area (Å²) in [6, 6.07) is 11.5. The predicted octanol–water partition coefficient (Wildman–Crippen LogP) is 2.02. The molecule has 0 bridgehead atoms. The molecule has 28 heavy (non-hydrogen) atoms. The monoisotopic (exact) mass is 382 g/mol. The lowest BCUT2D eigenvalue weighted by molar-refractivity contribution is -0.128. The Labute approximate surface area is 164 Å². The van der Waals surface area contributed by atoms with Crippen LogP contribution in [-0.4, -0.2) is 61.4 Å². The number of hydrogen-bond donors (Lipinski definition) is 1. The van der Waals surface area contributed by atoms with Crippen LogP contribution in [0.15, 0.2) is 47.1 Å². The fraction of sp³-hybridized carbons (Fsp3) is 0.429. The molecule has 2 fully saturated rings. The summed E-state index contributed by atoms with van der Waals surface area (Å²) in [5, 5.41) is 3.06. The lowest BCUT2D eigenvalue weighted by atomic mass is 10.1. The molecule has 0 radical (unpaired) electrons. The molecule has 0 spiro atoms. The van der Waals surface area contributed by atoms with Gasteiger partial charge in [0.05, 0.1) is 30.1 Å². The second-order valence-electron chi connectivity index (χ2n) is 7.55. The smallest absolute Gasteiger partial charge is 0.229 e. The SMILES string of the molecule is CN1CCN(c2ccccc2NC(=O)C2CC(=O)N(Cc3ccco3)C2)CC1. The van der Waals surface area contributed by atoms with Gasteiger partial charge in [-0.3, -0.25) is 9.59 Å². The van der Waals surface area contributed by atoms with Crippen molar-refractivity contribution in [3.05, 3.63) is 48.4 Å². The van der Waals surface area contributed by atoms with E-state index < -0.39 is 0 Å². The van der Waals surface area contributed by atoms with E-state index in [1.165, 1.54) is 0 Å². The molecule has 4 rings (SSSR count). The zero-order valence-electron chi connectivity index (χ0n) is 16.1. The Bertz CT molecular complexity index is 828. The van der Waals surface area contributed by atoms with Gasteiger partial charge in [0.2, 0.25) is 11.8 Å². The number of hydrogen-bond acceptors (Lipinski definition) is 5. The topological polar surface area (TPSA) is 69.0 Å². The number of para-hydroxylation sites is 2. The zero-order chi connectivity index (χ0) is 19.5. The van der Waals surface area contributed by atoms with Crippen LogP contribution in [0.25, 0.3) is 0 Å². The first-order valence-corrected chi connectivity index (χ1v) is 9.73. The van der Waals surface area contributed by atoms with E-state index in [4.69, 9.17) is 4.42 Å². The highest BCUT2D eigenvalue weighted by Gasteiger charge is 2.35. The summed E-state index contributed by atoms with van der Waals surface area (Å²) >= 11 is 0. The number of likely N-dealkylation sites (tertiary alicyclic amines) is 1. The number of carbonyl (C=O) groups is 2. The van der Waals surface area contributed by atoms with Crippen LogP contribution < -0.4 is 10.2 Å². The maximum atomic E-state index is 12.9. The Balaban J connectivity index is 1.41. The van der Waals surface area contributed by atoms with Gasteiger partial charge < -0.3 is 24.4 Å². The predicted molar refractivity (Wildman–Crippen MR) is 107 cm³/mol. The van der Waals surface area contributed by atoms with Crippen molar-refractivity contribution in [3.63, 3.8) is 0 Å². The first-order valence-electron chi connectivity index (χ1n) is 9.73. The van der Waals surface area contributed by atoms with Gasteiger partial charge in [0.25, 0.3) is 0 Å². The minimum atomic E-state index is -0.344. The molecule has 2 amide bonds. The summed E-state index contributed by atoms with van der Waals surface area (Å²) in [5.74, 6) is 0.276. The number of anilines is 2. The Morgan fingerprint density at radius 1 is 1.14 bits per heavy atom. The van der Waals surface area contributed by atoms with E-state index in [-0.39, 0.29) is 24.2 Å². The summed E-state index contributed by atoms with van der Waals surface area (Å²) in [5.41, 5.74) is 1.86. The minimum Gasteiger partial charge on any atom is -0.467 e. The highest BCUT2D eigenvalue weighted by molar-refractivity contribution is 5.99. The van der Waals surface area contributed by atoms with Gasteiger partial charge in [-0.1, -0.05) is 12.1 Å². The number of piperazine rings is 1. The molecule has 2 saturated heterocycles. The van der Waals surface area contributed by atoms with Crippen molar-refractivity contribution in [1.82, 2.24) is 9.80 Å². The molecule has 7 nitrogen and oxygen atoms in total. The average Bonchev–Trinajstić information content (AvgIpc) is 3.33. The van der Waals surface area contributed by atoms with E-state index in [0.717, 1.165) is 43.3 Å². The van der Waals surface area contributed by atoms with Gasteiger partial charge in [-0.05, 0) is 31.3 Å². The zero-order valence-corrected chi connectivity index (χ0v) is 16.1. The standard InChI is InChI=1S/C21H26N4O3/c1-23-8-10-24(11-9-23)19-7-3-2-6-18(19)22-21(27)16-13-20(26)25(14-16)15-17-5-4-12-28-17/h2-7,12,16H,8-11,13-15H2,1H3,(H,22,27). The number of nitrogens with one attached hydrogen (secondary N) is 1. The van der Waals surface area contributed by atoms with Gasteiger partial charge >= 0.3 is 0 Å². The molecule has 0 aliphatic carbocycles. The Morgan fingerprint density at radius 2 is 1.93 bits per heavy atom. The van der Waals surface area contributed by atoms with Gasteiger partial charge in [-0.15, -0.1) is 0 Å². The first kappa shape index (κ1) is 18.6. The molecule has 3 heterocycles. The highest BCUT2D eigenvalue weighted by Crippen LogP contribution is 2.28. The molecule has 1 aromatic carbocycles. The molecule has 148 valence electrons. The van der Waals surface area contributed by atoms with Gasteiger partial charge in [-0.25, -0.2) is 0 Å². The third kappa shape index (κ3) is 4.04. The molecule has 1 N–H and O–H groups in total.